The van der Waals surface area contributed by atoms with Gasteiger partial charge in [0.25, 0.3) is 0 Å². The van der Waals surface area contributed by atoms with Crippen molar-refractivity contribution in [3.63, 3.8) is 0 Å². The van der Waals surface area contributed by atoms with E-state index in [-0.39, 0.29) is 12.4 Å². The Hall–Kier alpha value is -3.29. The lowest BCUT2D eigenvalue weighted by Crippen LogP contribution is -2.35. The van der Waals surface area contributed by atoms with E-state index in [1.165, 1.54) is 12.1 Å². The highest BCUT2D eigenvalue weighted by molar-refractivity contribution is 5.42. The Labute approximate surface area is 194 Å². The van der Waals surface area contributed by atoms with E-state index in [9.17, 15) is 9.50 Å². The molecule has 0 aromatic heterocycles. The minimum atomic E-state index is -0.729. The fourth-order valence-electron chi connectivity index (χ4n) is 3.49. The molecule has 0 aliphatic carbocycles. The fourth-order valence-corrected chi connectivity index (χ4v) is 3.49. The molecule has 1 N–H and O–H groups in total. The van der Waals surface area contributed by atoms with Crippen molar-refractivity contribution < 1.29 is 28.4 Å². The quantitative estimate of drug-likeness (QED) is 0.440. The third-order valence-electron chi connectivity index (χ3n) is 5.14. The average Bonchev–Trinajstić information content (AvgIpc) is 2.84. The molecule has 0 saturated carbocycles. The van der Waals surface area contributed by atoms with Crippen molar-refractivity contribution in [1.29, 1.82) is 0 Å². The van der Waals surface area contributed by atoms with Crippen LogP contribution in [-0.2, 0) is 13.1 Å². The van der Waals surface area contributed by atoms with E-state index in [0.717, 1.165) is 16.9 Å². The van der Waals surface area contributed by atoms with Crippen LogP contribution in [0.5, 0.6) is 23.0 Å². The first-order valence-corrected chi connectivity index (χ1v) is 10.6. The van der Waals surface area contributed by atoms with Crippen molar-refractivity contribution in [2.24, 2.45) is 0 Å². The molecule has 0 spiro atoms. The number of nitrogens with zero attached hydrogens (tertiary/aromatic N) is 1. The highest BCUT2D eigenvalue weighted by Crippen LogP contribution is 2.28. The number of hydrogen-bond donors (Lipinski definition) is 1. The van der Waals surface area contributed by atoms with Gasteiger partial charge in [-0.2, -0.15) is 0 Å². The molecular formula is C26H30FNO5. The molecule has 176 valence electrons. The van der Waals surface area contributed by atoms with Gasteiger partial charge < -0.3 is 24.1 Å². The van der Waals surface area contributed by atoms with Gasteiger partial charge in [-0.05, 0) is 59.7 Å². The molecule has 0 bridgehead atoms. The molecule has 0 aliphatic heterocycles. The predicted molar refractivity (Wildman–Crippen MR) is 125 cm³/mol. The summed E-state index contributed by atoms with van der Waals surface area (Å²) >= 11 is 0. The number of aliphatic hydroxyl groups excluding tert-OH is 1. The van der Waals surface area contributed by atoms with Gasteiger partial charge in [0, 0.05) is 19.6 Å². The van der Waals surface area contributed by atoms with Crippen LogP contribution in [0.4, 0.5) is 4.39 Å². The van der Waals surface area contributed by atoms with Crippen molar-refractivity contribution in [3.8, 4) is 23.0 Å². The smallest absolute Gasteiger partial charge is 0.161 e. The maximum atomic E-state index is 13.3. The summed E-state index contributed by atoms with van der Waals surface area (Å²) in [4.78, 5) is 2.08. The zero-order valence-electron chi connectivity index (χ0n) is 19.2. The Bertz CT molecular complexity index is 995. The molecule has 1 atom stereocenters. The molecule has 7 heteroatoms. The lowest BCUT2D eigenvalue weighted by molar-refractivity contribution is 0.0628. The van der Waals surface area contributed by atoms with Crippen molar-refractivity contribution in [2.75, 3.05) is 34.5 Å². The third-order valence-corrected chi connectivity index (χ3v) is 5.14. The monoisotopic (exact) mass is 455 g/mol. The summed E-state index contributed by atoms with van der Waals surface area (Å²) in [7, 11) is 4.80. The summed E-state index contributed by atoms with van der Waals surface area (Å²) in [5.74, 6) is 2.40. The molecular weight excluding hydrogens is 425 g/mol. The predicted octanol–water partition coefficient (Wildman–Crippen LogP) is 4.29. The van der Waals surface area contributed by atoms with Crippen LogP contribution < -0.4 is 18.9 Å². The Kier molecular flexibility index (Phi) is 8.92. The van der Waals surface area contributed by atoms with E-state index < -0.39 is 6.10 Å². The van der Waals surface area contributed by atoms with E-state index in [1.807, 2.05) is 18.2 Å². The van der Waals surface area contributed by atoms with E-state index in [4.69, 9.17) is 18.9 Å². The van der Waals surface area contributed by atoms with Crippen molar-refractivity contribution in [3.05, 3.63) is 83.7 Å². The summed E-state index contributed by atoms with van der Waals surface area (Å²) in [5, 5.41) is 10.7. The average molecular weight is 456 g/mol. The first kappa shape index (κ1) is 24.4. The maximum Gasteiger partial charge on any atom is 0.161 e. The Morgan fingerprint density at radius 2 is 1.36 bits per heavy atom. The second-order valence-electron chi connectivity index (χ2n) is 7.63. The summed E-state index contributed by atoms with van der Waals surface area (Å²) in [6.07, 6.45) is -0.729. The minimum Gasteiger partial charge on any atom is -0.497 e. The van der Waals surface area contributed by atoms with Gasteiger partial charge in [-0.3, -0.25) is 4.90 Å². The van der Waals surface area contributed by atoms with Gasteiger partial charge in [0.2, 0.25) is 0 Å². The highest BCUT2D eigenvalue weighted by atomic mass is 19.1. The molecule has 0 radical (unpaired) electrons. The van der Waals surface area contributed by atoms with Crippen LogP contribution in [0.15, 0.2) is 66.7 Å². The van der Waals surface area contributed by atoms with E-state index in [1.54, 1.807) is 57.7 Å². The minimum absolute atomic E-state index is 0.137. The second kappa shape index (κ2) is 12.1. The molecule has 0 heterocycles. The standard InChI is InChI=1S/C26H30FNO5/c1-30-23-9-11-24(12-10-23)33-18-22(29)17-28(15-19-4-7-21(27)8-5-19)16-20-6-13-25(31-2)26(14-20)32-3/h4-14,22,29H,15-18H2,1-3H3. The van der Waals surface area contributed by atoms with Crippen LogP contribution in [0.3, 0.4) is 0 Å². The molecule has 3 aromatic rings. The zero-order valence-corrected chi connectivity index (χ0v) is 19.2. The van der Waals surface area contributed by atoms with Crippen LogP contribution >= 0.6 is 0 Å². The van der Waals surface area contributed by atoms with E-state index >= 15 is 0 Å². The molecule has 0 aliphatic rings. The Balaban J connectivity index is 1.68. The molecule has 0 amide bonds. The molecule has 3 aromatic carbocycles. The fraction of sp³-hybridized carbons (Fsp3) is 0.308. The van der Waals surface area contributed by atoms with Gasteiger partial charge in [-0.15, -0.1) is 0 Å². The van der Waals surface area contributed by atoms with Gasteiger partial charge in [0.05, 0.1) is 21.3 Å². The molecule has 6 nitrogen and oxygen atoms in total. The van der Waals surface area contributed by atoms with Crippen LogP contribution in [0.25, 0.3) is 0 Å². The number of aliphatic hydroxyl groups is 1. The summed E-state index contributed by atoms with van der Waals surface area (Å²) < 4.78 is 35.0. The first-order chi connectivity index (χ1) is 16.0. The topological polar surface area (TPSA) is 60.4 Å². The normalized spacial score (nSPS) is 11.8. The van der Waals surface area contributed by atoms with E-state index in [2.05, 4.69) is 4.90 Å². The van der Waals surface area contributed by atoms with Crippen LogP contribution in [-0.4, -0.2) is 50.6 Å². The number of rotatable bonds is 12. The SMILES string of the molecule is COc1ccc(OCC(O)CN(Cc2ccc(F)cc2)Cc2ccc(OC)c(OC)c2)cc1. The lowest BCUT2D eigenvalue weighted by atomic mass is 10.1. The van der Waals surface area contributed by atoms with Gasteiger partial charge in [0.1, 0.15) is 30.0 Å². The maximum absolute atomic E-state index is 13.3. The molecule has 1 unspecified atom stereocenters. The second-order valence-corrected chi connectivity index (χ2v) is 7.63. The number of methoxy groups -OCH3 is 3. The van der Waals surface area contributed by atoms with Gasteiger partial charge in [-0.1, -0.05) is 18.2 Å². The van der Waals surface area contributed by atoms with Crippen LogP contribution in [0.1, 0.15) is 11.1 Å². The third kappa shape index (κ3) is 7.37. The molecule has 0 fully saturated rings. The summed E-state index contributed by atoms with van der Waals surface area (Å²) in [5.41, 5.74) is 1.94. The summed E-state index contributed by atoms with van der Waals surface area (Å²) in [6, 6.07) is 19.3. The van der Waals surface area contributed by atoms with Gasteiger partial charge in [-0.25, -0.2) is 4.39 Å². The summed E-state index contributed by atoms with van der Waals surface area (Å²) in [6.45, 7) is 1.59. The van der Waals surface area contributed by atoms with Crippen molar-refractivity contribution in [2.45, 2.75) is 19.2 Å². The Morgan fingerprint density at radius 1 is 0.758 bits per heavy atom. The lowest BCUT2D eigenvalue weighted by Gasteiger charge is -2.26. The Morgan fingerprint density at radius 3 is 2.00 bits per heavy atom. The molecule has 3 rings (SSSR count). The first-order valence-electron chi connectivity index (χ1n) is 10.6. The van der Waals surface area contributed by atoms with E-state index in [0.29, 0.717) is 36.9 Å². The number of halogens is 1. The van der Waals surface area contributed by atoms with Crippen molar-refractivity contribution in [1.82, 2.24) is 4.90 Å². The van der Waals surface area contributed by atoms with Gasteiger partial charge in [0.15, 0.2) is 11.5 Å². The highest BCUT2D eigenvalue weighted by Gasteiger charge is 2.15. The van der Waals surface area contributed by atoms with Crippen LogP contribution in [0.2, 0.25) is 0 Å². The largest absolute Gasteiger partial charge is 0.497 e. The van der Waals surface area contributed by atoms with Crippen LogP contribution in [0, 0.1) is 5.82 Å². The number of ether oxygens (including phenoxy) is 4. The number of benzene rings is 3. The zero-order chi connectivity index (χ0) is 23.6. The molecule has 33 heavy (non-hydrogen) atoms. The van der Waals surface area contributed by atoms with Crippen molar-refractivity contribution >= 4 is 0 Å². The molecule has 0 saturated heterocycles. The van der Waals surface area contributed by atoms with Gasteiger partial charge >= 0.3 is 0 Å². The number of hydrogen-bond acceptors (Lipinski definition) is 6.